The summed E-state index contributed by atoms with van der Waals surface area (Å²) in [6.45, 7) is 0. The molecule has 0 N–H and O–H groups in total. The Kier molecular flexibility index (Phi) is 4.63. The quantitative estimate of drug-likeness (QED) is 0.844. The Balaban J connectivity index is 1.93. The summed E-state index contributed by atoms with van der Waals surface area (Å²) in [7, 11) is 0. The third-order valence-corrected chi connectivity index (χ3v) is 3.84. The molecule has 2 nitrogen and oxygen atoms in total. The van der Waals surface area contributed by atoms with Crippen LogP contribution in [0.4, 0.5) is 0 Å². The van der Waals surface area contributed by atoms with E-state index in [-0.39, 0.29) is 0 Å². The average molecular weight is 275 g/mol. The van der Waals surface area contributed by atoms with Gasteiger partial charge in [0.15, 0.2) is 0 Å². The van der Waals surface area contributed by atoms with E-state index in [9.17, 15) is 0 Å². The Labute approximate surface area is 116 Å². The zero-order chi connectivity index (χ0) is 12.8. The van der Waals surface area contributed by atoms with Crippen molar-refractivity contribution in [2.75, 3.05) is 0 Å². The molecule has 18 heavy (non-hydrogen) atoms. The van der Waals surface area contributed by atoms with Gasteiger partial charge in [0, 0.05) is 22.7 Å². The number of hydrogen-bond donors (Lipinski definition) is 0. The minimum Gasteiger partial charge on any atom is -0.246 e. The molecule has 0 fully saturated rings. The minimum absolute atomic E-state index is 0.464. The Morgan fingerprint density at radius 1 is 1.22 bits per heavy atom. The summed E-state index contributed by atoms with van der Waals surface area (Å²) < 4.78 is 0. The van der Waals surface area contributed by atoms with Gasteiger partial charge in [0.1, 0.15) is 11.8 Å². The molecule has 1 aromatic carbocycles. The van der Waals surface area contributed by atoms with Gasteiger partial charge in [0.25, 0.3) is 0 Å². The van der Waals surface area contributed by atoms with Crippen molar-refractivity contribution in [1.82, 2.24) is 4.98 Å². The summed E-state index contributed by atoms with van der Waals surface area (Å²) in [5.74, 6) is 1.71. The molecule has 1 aromatic heterocycles. The second-order valence-corrected chi connectivity index (χ2v) is 5.14. The number of thioether (sulfide) groups is 1. The highest BCUT2D eigenvalue weighted by Crippen LogP contribution is 2.23. The zero-order valence-corrected chi connectivity index (χ0v) is 11.2. The molecule has 0 aliphatic heterocycles. The highest BCUT2D eigenvalue weighted by atomic mass is 35.5. The maximum atomic E-state index is 8.77. The van der Waals surface area contributed by atoms with Gasteiger partial charge in [0.05, 0.1) is 0 Å². The van der Waals surface area contributed by atoms with E-state index < -0.39 is 0 Å². The molecule has 0 spiro atoms. The summed E-state index contributed by atoms with van der Waals surface area (Å²) >= 11 is 7.86. The van der Waals surface area contributed by atoms with Crippen LogP contribution in [0.25, 0.3) is 0 Å². The van der Waals surface area contributed by atoms with Gasteiger partial charge in [-0.2, -0.15) is 17.0 Å². The molecule has 0 amide bonds. The van der Waals surface area contributed by atoms with Crippen molar-refractivity contribution >= 4 is 23.4 Å². The molecular weight excluding hydrogens is 264 g/mol. The molecule has 2 rings (SSSR count). The Morgan fingerprint density at radius 3 is 2.83 bits per heavy atom. The lowest BCUT2D eigenvalue weighted by Gasteiger charge is -2.04. The third-order valence-electron chi connectivity index (χ3n) is 2.42. The van der Waals surface area contributed by atoms with Crippen molar-refractivity contribution in [2.45, 2.75) is 11.5 Å². The summed E-state index contributed by atoms with van der Waals surface area (Å²) in [4.78, 5) is 3.95. The predicted octanol–water partition coefficient (Wildman–Crippen LogP) is 4.04. The van der Waals surface area contributed by atoms with E-state index in [4.69, 9.17) is 16.9 Å². The van der Waals surface area contributed by atoms with Gasteiger partial charge in [0.2, 0.25) is 0 Å². The number of benzene rings is 1. The Hall–Kier alpha value is -1.50. The van der Waals surface area contributed by atoms with Gasteiger partial charge < -0.3 is 0 Å². The van der Waals surface area contributed by atoms with E-state index in [0.29, 0.717) is 5.69 Å². The van der Waals surface area contributed by atoms with E-state index in [1.54, 1.807) is 18.0 Å². The minimum atomic E-state index is 0.464. The molecular formula is C14H11ClN2S. The number of nitriles is 1. The molecule has 0 saturated heterocycles. The fourth-order valence-electron chi connectivity index (χ4n) is 1.52. The predicted molar refractivity (Wildman–Crippen MR) is 75.4 cm³/mol. The van der Waals surface area contributed by atoms with Crippen LogP contribution in [-0.4, -0.2) is 4.98 Å². The molecule has 0 aliphatic rings. The number of nitrogens with zero attached hydrogens (tertiary/aromatic N) is 2. The van der Waals surface area contributed by atoms with Gasteiger partial charge in [-0.1, -0.05) is 29.8 Å². The molecule has 0 bridgehead atoms. The first-order valence-corrected chi connectivity index (χ1v) is 6.99. The fourth-order valence-corrected chi connectivity index (χ4v) is 2.79. The van der Waals surface area contributed by atoms with Crippen LogP contribution in [0.2, 0.25) is 5.02 Å². The smallest absolute Gasteiger partial charge is 0.140 e. The maximum absolute atomic E-state index is 8.77. The lowest BCUT2D eigenvalue weighted by Crippen LogP contribution is -1.88. The Morgan fingerprint density at radius 2 is 2.06 bits per heavy atom. The molecule has 0 aliphatic carbocycles. The summed E-state index contributed by atoms with van der Waals surface area (Å²) in [6, 6.07) is 13.6. The Bertz CT molecular complexity index is 578. The fraction of sp³-hybridized carbons (Fsp3) is 0.143. The second kappa shape index (κ2) is 6.44. The van der Waals surface area contributed by atoms with Crippen LogP contribution in [0.5, 0.6) is 0 Å². The highest BCUT2D eigenvalue weighted by molar-refractivity contribution is 7.97. The van der Waals surface area contributed by atoms with Crippen LogP contribution < -0.4 is 0 Å². The van der Waals surface area contributed by atoms with Gasteiger partial charge in [-0.05, 0) is 29.3 Å². The molecule has 0 unspecified atom stereocenters. The maximum Gasteiger partial charge on any atom is 0.140 e. The monoisotopic (exact) mass is 274 g/mol. The lowest BCUT2D eigenvalue weighted by molar-refractivity contribution is 1.22. The zero-order valence-electron chi connectivity index (χ0n) is 9.64. The van der Waals surface area contributed by atoms with Crippen LogP contribution in [0.1, 0.15) is 16.8 Å². The number of pyridine rings is 1. The first kappa shape index (κ1) is 12.9. The molecule has 90 valence electrons. The van der Waals surface area contributed by atoms with Crippen molar-refractivity contribution in [3.8, 4) is 6.07 Å². The van der Waals surface area contributed by atoms with E-state index in [2.05, 4.69) is 4.98 Å². The van der Waals surface area contributed by atoms with E-state index >= 15 is 0 Å². The molecule has 0 saturated carbocycles. The van der Waals surface area contributed by atoms with Crippen molar-refractivity contribution in [3.05, 3.63) is 64.4 Å². The third kappa shape index (κ3) is 3.49. The topological polar surface area (TPSA) is 36.7 Å². The largest absolute Gasteiger partial charge is 0.246 e. The highest BCUT2D eigenvalue weighted by Gasteiger charge is 2.01. The first-order valence-electron chi connectivity index (χ1n) is 5.46. The van der Waals surface area contributed by atoms with Crippen LogP contribution in [0, 0.1) is 11.3 Å². The molecule has 0 radical (unpaired) electrons. The van der Waals surface area contributed by atoms with Crippen LogP contribution in [-0.2, 0) is 11.5 Å². The SMILES string of the molecule is N#Cc1cc(CSCc2ccccc2Cl)ccn1. The van der Waals surface area contributed by atoms with E-state index in [0.717, 1.165) is 27.7 Å². The molecule has 2 aromatic rings. The van der Waals surface area contributed by atoms with Crippen LogP contribution >= 0.6 is 23.4 Å². The lowest BCUT2D eigenvalue weighted by atomic mass is 10.2. The van der Waals surface area contributed by atoms with Crippen molar-refractivity contribution in [3.63, 3.8) is 0 Å². The second-order valence-electron chi connectivity index (χ2n) is 3.75. The molecule has 1 heterocycles. The number of hydrogen-bond acceptors (Lipinski definition) is 3. The van der Waals surface area contributed by atoms with Crippen LogP contribution in [0.3, 0.4) is 0 Å². The van der Waals surface area contributed by atoms with E-state index in [1.807, 2.05) is 42.5 Å². The van der Waals surface area contributed by atoms with Gasteiger partial charge >= 0.3 is 0 Å². The number of halogens is 1. The van der Waals surface area contributed by atoms with Gasteiger partial charge in [-0.25, -0.2) is 4.98 Å². The van der Waals surface area contributed by atoms with Crippen molar-refractivity contribution < 1.29 is 0 Å². The standard InChI is InChI=1S/C14H11ClN2S/c15-14-4-2-1-3-12(14)10-18-9-11-5-6-17-13(7-11)8-16/h1-7H,9-10H2. The van der Waals surface area contributed by atoms with Gasteiger partial charge in [-0.3, -0.25) is 0 Å². The van der Waals surface area contributed by atoms with Gasteiger partial charge in [-0.15, -0.1) is 0 Å². The summed E-state index contributed by atoms with van der Waals surface area (Å²) in [5.41, 5.74) is 2.71. The first-order chi connectivity index (χ1) is 8.79. The normalized spacial score (nSPS) is 10.0. The van der Waals surface area contributed by atoms with Crippen LogP contribution in [0.15, 0.2) is 42.6 Å². The molecule has 0 atom stereocenters. The summed E-state index contributed by atoms with van der Waals surface area (Å²) in [6.07, 6.45) is 1.67. The average Bonchev–Trinajstić information content (AvgIpc) is 2.41. The number of rotatable bonds is 4. The molecule has 4 heteroatoms. The van der Waals surface area contributed by atoms with Crippen molar-refractivity contribution in [2.24, 2.45) is 0 Å². The number of aromatic nitrogens is 1. The summed E-state index contributed by atoms with van der Waals surface area (Å²) in [5, 5.41) is 9.57. The van der Waals surface area contributed by atoms with Crippen molar-refractivity contribution in [1.29, 1.82) is 5.26 Å². The van der Waals surface area contributed by atoms with E-state index in [1.165, 1.54) is 0 Å².